The Labute approximate surface area is 94.7 Å². The first-order valence-corrected chi connectivity index (χ1v) is 5.04. The first-order valence-electron chi connectivity index (χ1n) is 4.61. The Morgan fingerprint density at radius 2 is 2.13 bits per heavy atom. The van der Waals surface area contributed by atoms with Gasteiger partial charge in [-0.05, 0) is 30.2 Å². The van der Waals surface area contributed by atoms with Crippen LogP contribution in [0, 0.1) is 11.3 Å². The van der Waals surface area contributed by atoms with Crippen LogP contribution in [0.5, 0.6) is 5.75 Å². The van der Waals surface area contributed by atoms with E-state index in [9.17, 15) is 0 Å². The molecule has 0 aliphatic rings. The molecule has 0 radical (unpaired) electrons. The second-order valence-electron chi connectivity index (χ2n) is 3.22. The van der Waals surface area contributed by atoms with Crippen LogP contribution in [-0.2, 0) is 6.42 Å². The lowest BCUT2D eigenvalue weighted by atomic mass is 10.2. The van der Waals surface area contributed by atoms with Crippen molar-refractivity contribution < 1.29 is 4.74 Å². The van der Waals surface area contributed by atoms with Crippen LogP contribution in [0.25, 0.3) is 0 Å². The zero-order valence-electron chi connectivity index (χ0n) is 8.53. The van der Waals surface area contributed by atoms with Gasteiger partial charge in [-0.1, -0.05) is 23.7 Å². The number of nitriles is 1. The van der Waals surface area contributed by atoms with Crippen molar-refractivity contribution in [1.82, 2.24) is 0 Å². The Hall–Kier alpha value is -1.46. The summed E-state index contributed by atoms with van der Waals surface area (Å²) in [6.07, 6.45) is 0.431. The minimum atomic E-state index is 0.431. The fourth-order valence-electron chi connectivity index (χ4n) is 1.02. The number of hydrogen-bond acceptors (Lipinski definition) is 2. The summed E-state index contributed by atoms with van der Waals surface area (Å²) in [5, 5.41) is 8.49. The van der Waals surface area contributed by atoms with E-state index < -0.39 is 0 Å². The van der Waals surface area contributed by atoms with E-state index in [0.717, 1.165) is 16.9 Å². The van der Waals surface area contributed by atoms with Gasteiger partial charge in [0.05, 0.1) is 12.5 Å². The van der Waals surface area contributed by atoms with Crippen LogP contribution in [-0.4, -0.2) is 6.61 Å². The van der Waals surface area contributed by atoms with E-state index in [1.54, 1.807) is 0 Å². The van der Waals surface area contributed by atoms with Gasteiger partial charge in [-0.3, -0.25) is 0 Å². The van der Waals surface area contributed by atoms with E-state index in [1.165, 1.54) is 5.54 Å². The van der Waals surface area contributed by atoms with Crippen molar-refractivity contribution in [2.75, 3.05) is 6.61 Å². The maximum absolute atomic E-state index is 8.49. The normalized spacial score (nSPS) is 10.9. The summed E-state index contributed by atoms with van der Waals surface area (Å²) in [5.74, 6) is 0.787. The predicted octanol–water partition coefficient (Wildman–Crippen LogP) is 3.27. The van der Waals surface area contributed by atoms with Crippen LogP contribution in [0.2, 0.25) is 0 Å². The lowest BCUT2D eigenvalue weighted by Crippen LogP contribution is -1.98. The standard InChI is InChI=1S/C12H12ClNO/c1-10(8-13)9-15-12-4-2-11(3-5-12)6-7-14/h2-5,8H,6,9H2,1H3/b10-8-. The van der Waals surface area contributed by atoms with Crippen LogP contribution in [0.4, 0.5) is 0 Å². The lowest BCUT2D eigenvalue weighted by molar-refractivity contribution is 0.352. The van der Waals surface area contributed by atoms with Crippen LogP contribution in [0.15, 0.2) is 35.4 Å². The molecule has 2 nitrogen and oxygen atoms in total. The van der Waals surface area contributed by atoms with Gasteiger partial charge in [0.2, 0.25) is 0 Å². The van der Waals surface area contributed by atoms with Gasteiger partial charge in [-0.15, -0.1) is 0 Å². The third kappa shape index (κ3) is 4.05. The zero-order valence-corrected chi connectivity index (χ0v) is 9.29. The van der Waals surface area contributed by atoms with Gasteiger partial charge < -0.3 is 4.74 Å². The van der Waals surface area contributed by atoms with Crippen molar-refractivity contribution in [2.24, 2.45) is 0 Å². The molecule has 1 aromatic carbocycles. The van der Waals surface area contributed by atoms with Gasteiger partial charge >= 0.3 is 0 Å². The van der Waals surface area contributed by atoms with E-state index in [1.807, 2.05) is 31.2 Å². The average molecular weight is 222 g/mol. The molecule has 3 heteroatoms. The fourth-order valence-corrected chi connectivity index (χ4v) is 1.09. The minimum Gasteiger partial charge on any atom is -0.489 e. The van der Waals surface area contributed by atoms with Crippen molar-refractivity contribution in [3.8, 4) is 11.8 Å². The van der Waals surface area contributed by atoms with E-state index in [0.29, 0.717) is 13.0 Å². The molecule has 78 valence electrons. The van der Waals surface area contributed by atoms with Crippen molar-refractivity contribution >= 4 is 11.6 Å². The van der Waals surface area contributed by atoms with Gasteiger partial charge in [0.1, 0.15) is 12.4 Å². The quantitative estimate of drug-likeness (QED) is 0.782. The zero-order chi connectivity index (χ0) is 11.1. The minimum absolute atomic E-state index is 0.431. The number of benzene rings is 1. The first kappa shape index (κ1) is 11.6. The number of nitrogens with zero attached hydrogens (tertiary/aromatic N) is 1. The highest BCUT2D eigenvalue weighted by Gasteiger charge is 1.95. The topological polar surface area (TPSA) is 33.0 Å². The van der Waals surface area contributed by atoms with Crippen molar-refractivity contribution in [2.45, 2.75) is 13.3 Å². The molecule has 1 aromatic rings. The Balaban J connectivity index is 2.54. The van der Waals surface area contributed by atoms with E-state index >= 15 is 0 Å². The Morgan fingerprint density at radius 3 is 2.67 bits per heavy atom. The molecule has 0 aliphatic heterocycles. The number of halogens is 1. The maximum Gasteiger partial charge on any atom is 0.119 e. The summed E-state index contributed by atoms with van der Waals surface area (Å²) < 4.78 is 5.46. The molecule has 0 aromatic heterocycles. The van der Waals surface area contributed by atoms with Crippen molar-refractivity contribution in [3.05, 3.63) is 40.9 Å². The van der Waals surface area contributed by atoms with E-state index in [2.05, 4.69) is 6.07 Å². The van der Waals surface area contributed by atoms with E-state index in [-0.39, 0.29) is 0 Å². The molecule has 0 atom stereocenters. The summed E-state index contributed by atoms with van der Waals surface area (Å²) in [7, 11) is 0. The Bertz CT molecular complexity index is 376. The van der Waals surface area contributed by atoms with Crippen LogP contribution in [0.1, 0.15) is 12.5 Å². The predicted molar refractivity (Wildman–Crippen MR) is 60.9 cm³/mol. The number of ether oxygens (including phenoxy) is 1. The third-order valence-electron chi connectivity index (χ3n) is 1.86. The molecular weight excluding hydrogens is 210 g/mol. The van der Waals surface area contributed by atoms with Gasteiger partial charge in [-0.2, -0.15) is 5.26 Å². The summed E-state index contributed by atoms with van der Waals surface area (Å²) in [6.45, 7) is 2.39. The number of rotatable bonds is 4. The molecule has 0 unspecified atom stereocenters. The second-order valence-corrected chi connectivity index (χ2v) is 3.44. The lowest BCUT2D eigenvalue weighted by Gasteiger charge is -2.05. The SMILES string of the molecule is C/C(=C/Cl)COc1ccc(CC#N)cc1. The fraction of sp³-hybridized carbons (Fsp3) is 0.250. The molecule has 0 N–H and O–H groups in total. The molecule has 0 aliphatic carbocycles. The Kier molecular flexibility index (Phi) is 4.73. The average Bonchev–Trinajstić information content (AvgIpc) is 2.28. The van der Waals surface area contributed by atoms with Crippen LogP contribution < -0.4 is 4.74 Å². The molecule has 0 amide bonds. The molecule has 0 saturated carbocycles. The van der Waals surface area contributed by atoms with Gasteiger partial charge in [-0.25, -0.2) is 0 Å². The maximum atomic E-state index is 8.49. The first-order chi connectivity index (χ1) is 7.26. The highest BCUT2D eigenvalue weighted by Crippen LogP contribution is 2.13. The van der Waals surface area contributed by atoms with Gasteiger partial charge in [0, 0.05) is 5.54 Å². The summed E-state index contributed by atoms with van der Waals surface area (Å²) >= 11 is 5.51. The highest BCUT2D eigenvalue weighted by molar-refractivity contribution is 6.25. The Morgan fingerprint density at radius 1 is 1.47 bits per heavy atom. The van der Waals surface area contributed by atoms with Crippen LogP contribution in [0.3, 0.4) is 0 Å². The monoisotopic (exact) mass is 221 g/mol. The van der Waals surface area contributed by atoms with E-state index in [4.69, 9.17) is 21.6 Å². The van der Waals surface area contributed by atoms with Gasteiger partial charge in [0.15, 0.2) is 0 Å². The van der Waals surface area contributed by atoms with Crippen LogP contribution >= 0.6 is 11.6 Å². The number of hydrogen-bond donors (Lipinski definition) is 0. The summed E-state index contributed by atoms with van der Waals surface area (Å²) in [6, 6.07) is 9.58. The second kappa shape index (κ2) is 6.10. The summed E-state index contributed by atoms with van der Waals surface area (Å²) in [5.41, 5.74) is 3.47. The van der Waals surface area contributed by atoms with Gasteiger partial charge in [0.25, 0.3) is 0 Å². The molecule has 0 fully saturated rings. The molecule has 0 bridgehead atoms. The molecule has 0 heterocycles. The molecule has 1 rings (SSSR count). The summed E-state index contributed by atoms with van der Waals surface area (Å²) in [4.78, 5) is 0. The molecule has 15 heavy (non-hydrogen) atoms. The highest BCUT2D eigenvalue weighted by atomic mass is 35.5. The molecule has 0 spiro atoms. The molecular formula is C12H12ClNO. The largest absolute Gasteiger partial charge is 0.489 e. The third-order valence-corrected chi connectivity index (χ3v) is 2.23. The molecule has 0 saturated heterocycles. The smallest absolute Gasteiger partial charge is 0.119 e. The van der Waals surface area contributed by atoms with Crippen molar-refractivity contribution in [3.63, 3.8) is 0 Å². The van der Waals surface area contributed by atoms with Crippen molar-refractivity contribution in [1.29, 1.82) is 5.26 Å².